The molecule has 0 spiro atoms. The summed E-state index contributed by atoms with van der Waals surface area (Å²) in [6.45, 7) is 0.536. The fraction of sp³-hybridized carbons (Fsp3) is 0.167. The number of ether oxygens (including phenoxy) is 1. The molecular formula is C12H12N4O. The van der Waals surface area contributed by atoms with Crippen LogP contribution in [0.1, 0.15) is 5.56 Å². The van der Waals surface area contributed by atoms with E-state index in [9.17, 15) is 0 Å². The number of aromatic nitrogens is 2. The highest BCUT2D eigenvalue weighted by molar-refractivity contribution is 5.34. The second kappa shape index (κ2) is 5.69. The van der Waals surface area contributed by atoms with Gasteiger partial charge in [0.05, 0.1) is 19.9 Å². The van der Waals surface area contributed by atoms with Crippen LogP contribution in [-0.4, -0.2) is 17.1 Å². The van der Waals surface area contributed by atoms with Gasteiger partial charge < -0.3 is 4.74 Å². The molecule has 2 aromatic heterocycles. The maximum Gasteiger partial charge on any atom is 0.213 e. The van der Waals surface area contributed by atoms with Crippen LogP contribution in [0.3, 0.4) is 0 Å². The van der Waals surface area contributed by atoms with Crippen LogP contribution in [0.2, 0.25) is 0 Å². The van der Waals surface area contributed by atoms with Crippen molar-refractivity contribution < 1.29 is 4.74 Å². The molecule has 5 nitrogen and oxygen atoms in total. The van der Waals surface area contributed by atoms with Crippen LogP contribution in [0.5, 0.6) is 5.88 Å². The summed E-state index contributed by atoms with van der Waals surface area (Å²) in [6.07, 6.45) is 5.09. The van der Waals surface area contributed by atoms with E-state index in [4.69, 9.17) is 4.74 Å². The summed E-state index contributed by atoms with van der Waals surface area (Å²) in [6, 6.07) is 7.37. The lowest BCUT2D eigenvalue weighted by Gasteiger charge is -1.97. The molecule has 0 aliphatic heterocycles. The Hall–Kier alpha value is -2.30. The number of azo groups is 1. The Morgan fingerprint density at radius 2 is 2.00 bits per heavy atom. The van der Waals surface area contributed by atoms with E-state index in [1.54, 1.807) is 31.8 Å². The normalized spacial score (nSPS) is 10.6. The largest absolute Gasteiger partial charge is 0.481 e. The van der Waals surface area contributed by atoms with E-state index in [1.807, 2.05) is 18.2 Å². The number of nitrogens with zero attached hydrogens (tertiary/aromatic N) is 4. The number of methoxy groups -OCH3 is 1. The first-order valence-electron chi connectivity index (χ1n) is 5.15. The smallest absolute Gasteiger partial charge is 0.213 e. The summed E-state index contributed by atoms with van der Waals surface area (Å²) in [5, 5.41) is 8.15. The Morgan fingerprint density at radius 1 is 1.18 bits per heavy atom. The fourth-order valence-corrected chi connectivity index (χ4v) is 1.24. The lowest BCUT2D eigenvalue weighted by molar-refractivity contribution is 0.398. The van der Waals surface area contributed by atoms with Gasteiger partial charge in [0, 0.05) is 18.5 Å². The molecule has 2 rings (SSSR count). The standard InChI is InChI=1S/C12H12N4O/c1-17-12-3-2-11(9-14-12)16-15-8-10-4-6-13-7-5-10/h2-7,9H,8H2,1H3. The highest BCUT2D eigenvalue weighted by Gasteiger charge is 1.93. The average Bonchev–Trinajstić information content (AvgIpc) is 2.41. The first kappa shape index (κ1) is 11.2. The molecule has 0 bridgehead atoms. The summed E-state index contributed by atoms with van der Waals surface area (Å²) >= 11 is 0. The Bertz CT molecular complexity index is 482. The third-order valence-electron chi connectivity index (χ3n) is 2.12. The summed E-state index contributed by atoms with van der Waals surface area (Å²) in [5.41, 5.74) is 1.78. The van der Waals surface area contributed by atoms with Crippen LogP contribution in [0, 0.1) is 0 Å². The van der Waals surface area contributed by atoms with Gasteiger partial charge in [-0.1, -0.05) is 0 Å². The Kier molecular flexibility index (Phi) is 3.75. The van der Waals surface area contributed by atoms with Gasteiger partial charge in [0.1, 0.15) is 5.69 Å². The molecule has 86 valence electrons. The molecule has 0 saturated heterocycles. The van der Waals surface area contributed by atoms with Crippen molar-refractivity contribution in [2.24, 2.45) is 10.2 Å². The maximum absolute atomic E-state index is 4.95. The van der Waals surface area contributed by atoms with Gasteiger partial charge in [-0.3, -0.25) is 4.98 Å². The zero-order chi connectivity index (χ0) is 11.9. The number of hydrogen-bond donors (Lipinski definition) is 0. The molecule has 0 fully saturated rings. The van der Waals surface area contributed by atoms with Crippen molar-refractivity contribution in [2.75, 3.05) is 7.11 Å². The zero-order valence-electron chi connectivity index (χ0n) is 9.45. The molecule has 2 aromatic rings. The quantitative estimate of drug-likeness (QED) is 0.756. The van der Waals surface area contributed by atoms with E-state index in [2.05, 4.69) is 20.2 Å². The molecule has 0 atom stereocenters. The molecule has 0 unspecified atom stereocenters. The maximum atomic E-state index is 4.95. The van der Waals surface area contributed by atoms with E-state index in [1.165, 1.54) is 0 Å². The highest BCUT2D eigenvalue weighted by atomic mass is 16.5. The summed E-state index contributed by atoms with van der Waals surface area (Å²) < 4.78 is 4.95. The minimum Gasteiger partial charge on any atom is -0.481 e. The third kappa shape index (κ3) is 3.34. The highest BCUT2D eigenvalue weighted by Crippen LogP contribution is 2.14. The van der Waals surface area contributed by atoms with Gasteiger partial charge in [-0.05, 0) is 23.8 Å². The molecule has 0 saturated carbocycles. The summed E-state index contributed by atoms with van der Waals surface area (Å²) in [7, 11) is 1.58. The summed E-state index contributed by atoms with van der Waals surface area (Å²) in [4.78, 5) is 7.97. The predicted octanol–water partition coefficient (Wildman–Crippen LogP) is 2.77. The van der Waals surface area contributed by atoms with E-state index in [0.29, 0.717) is 18.1 Å². The predicted molar refractivity (Wildman–Crippen MR) is 63.2 cm³/mol. The van der Waals surface area contributed by atoms with Crippen LogP contribution < -0.4 is 4.74 Å². The number of rotatable bonds is 4. The lowest BCUT2D eigenvalue weighted by Crippen LogP contribution is -1.84. The van der Waals surface area contributed by atoms with Gasteiger partial charge in [0.2, 0.25) is 5.88 Å². The van der Waals surface area contributed by atoms with Crippen molar-refractivity contribution in [2.45, 2.75) is 6.54 Å². The molecule has 0 N–H and O–H groups in total. The van der Waals surface area contributed by atoms with Crippen LogP contribution in [0.15, 0.2) is 53.1 Å². The van der Waals surface area contributed by atoms with Crippen LogP contribution in [-0.2, 0) is 6.54 Å². The summed E-state index contributed by atoms with van der Waals surface area (Å²) in [5.74, 6) is 0.568. The molecule has 0 aliphatic rings. The second-order valence-electron chi connectivity index (χ2n) is 3.31. The number of pyridine rings is 2. The first-order valence-corrected chi connectivity index (χ1v) is 5.15. The van der Waals surface area contributed by atoms with Crippen molar-refractivity contribution >= 4 is 5.69 Å². The number of hydrogen-bond acceptors (Lipinski definition) is 5. The van der Waals surface area contributed by atoms with Crippen LogP contribution >= 0.6 is 0 Å². The van der Waals surface area contributed by atoms with Gasteiger partial charge in [-0.2, -0.15) is 10.2 Å². The van der Waals surface area contributed by atoms with E-state index in [0.717, 1.165) is 5.56 Å². The van der Waals surface area contributed by atoms with Crippen molar-refractivity contribution in [3.63, 3.8) is 0 Å². The lowest BCUT2D eigenvalue weighted by atomic mass is 10.3. The molecule has 5 heteroatoms. The topological polar surface area (TPSA) is 59.7 Å². The monoisotopic (exact) mass is 228 g/mol. The minimum atomic E-state index is 0.536. The molecule has 0 amide bonds. The van der Waals surface area contributed by atoms with Crippen LogP contribution in [0.25, 0.3) is 0 Å². The van der Waals surface area contributed by atoms with E-state index in [-0.39, 0.29) is 0 Å². The molecule has 17 heavy (non-hydrogen) atoms. The van der Waals surface area contributed by atoms with Gasteiger partial charge >= 0.3 is 0 Å². The van der Waals surface area contributed by atoms with Crippen molar-refractivity contribution in [1.29, 1.82) is 0 Å². The van der Waals surface area contributed by atoms with Gasteiger partial charge in [0.15, 0.2) is 0 Å². The van der Waals surface area contributed by atoms with Gasteiger partial charge in [0.25, 0.3) is 0 Å². The molecular weight excluding hydrogens is 216 g/mol. The van der Waals surface area contributed by atoms with Gasteiger partial charge in [-0.25, -0.2) is 4.98 Å². The first-order chi connectivity index (χ1) is 8.38. The Labute approximate surface area is 99.2 Å². The SMILES string of the molecule is COc1ccc(N=NCc2ccncc2)cn1. The molecule has 0 aromatic carbocycles. The minimum absolute atomic E-state index is 0.536. The second-order valence-corrected chi connectivity index (χ2v) is 3.31. The molecule has 0 aliphatic carbocycles. The molecule has 0 radical (unpaired) electrons. The third-order valence-corrected chi connectivity index (χ3v) is 2.12. The zero-order valence-corrected chi connectivity index (χ0v) is 9.45. The van der Waals surface area contributed by atoms with E-state index < -0.39 is 0 Å². The molecule has 2 heterocycles. The Morgan fingerprint density at radius 3 is 2.65 bits per heavy atom. The fourth-order valence-electron chi connectivity index (χ4n) is 1.24. The van der Waals surface area contributed by atoms with Gasteiger partial charge in [-0.15, -0.1) is 0 Å². The van der Waals surface area contributed by atoms with Crippen LogP contribution in [0.4, 0.5) is 5.69 Å². The van der Waals surface area contributed by atoms with Crippen molar-refractivity contribution in [1.82, 2.24) is 9.97 Å². The average molecular weight is 228 g/mol. The van der Waals surface area contributed by atoms with Crippen molar-refractivity contribution in [3.05, 3.63) is 48.4 Å². The van der Waals surface area contributed by atoms with Crippen molar-refractivity contribution in [3.8, 4) is 5.88 Å². The van der Waals surface area contributed by atoms with E-state index >= 15 is 0 Å². The Balaban J connectivity index is 1.96.